The maximum Gasteiger partial charge on any atom is 0.341 e. The van der Waals surface area contributed by atoms with Crippen molar-refractivity contribution in [3.05, 3.63) is 16.0 Å². The van der Waals surface area contributed by atoms with Crippen molar-refractivity contribution in [1.29, 1.82) is 0 Å². The van der Waals surface area contributed by atoms with Crippen LogP contribution in [0.15, 0.2) is 0 Å². The van der Waals surface area contributed by atoms with E-state index < -0.39 is 5.97 Å². The minimum Gasteiger partial charge on any atom is -0.465 e. The zero-order valence-electron chi connectivity index (χ0n) is 18.0. The van der Waals surface area contributed by atoms with Crippen LogP contribution in [0.3, 0.4) is 0 Å². The molecule has 1 aromatic heterocycles. The fourth-order valence-electron chi connectivity index (χ4n) is 3.53. The summed E-state index contributed by atoms with van der Waals surface area (Å²) in [5.41, 5.74) is 0.998. The Hall–Kier alpha value is -1.71. The predicted octanol–water partition coefficient (Wildman–Crippen LogP) is 3.10. The van der Waals surface area contributed by atoms with Crippen molar-refractivity contribution >= 4 is 45.5 Å². The van der Waals surface area contributed by atoms with Crippen molar-refractivity contribution < 1.29 is 14.3 Å². The number of methoxy groups -OCH3 is 1. The summed E-state index contributed by atoms with van der Waals surface area (Å²) in [5, 5.41) is 7.51. The Balaban J connectivity index is 2.18. The summed E-state index contributed by atoms with van der Waals surface area (Å²) in [6, 6.07) is 0.303. The van der Waals surface area contributed by atoms with Crippen LogP contribution in [0, 0.1) is 6.92 Å². The predicted molar refractivity (Wildman–Crippen MR) is 122 cm³/mol. The molecule has 0 radical (unpaired) electrons. The molecule has 2 rings (SSSR count). The van der Waals surface area contributed by atoms with E-state index in [1.165, 1.54) is 18.4 Å². The first-order valence-corrected chi connectivity index (χ1v) is 11.4. The summed E-state index contributed by atoms with van der Waals surface area (Å²) >= 11 is 6.75. The van der Waals surface area contributed by atoms with Crippen LogP contribution < -0.4 is 10.6 Å². The van der Waals surface area contributed by atoms with E-state index >= 15 is 0 Å². The number of hydrogen-bond donors (Lipinski definition) is 2. The van der Waals surface area contributed by atoms with Crippen LogP contribution in [-0.2, 0) is 4.74 Å². The number of ether oxygens (including phenoxy) is 1. The van der Waals surface area contributed by atoms with Crippen LogP contribution >= 0.6 is 23.6 Å². The van der Waals surface area contributed by atoms with Gasteiger partial charge in [-0.3, -0.25) is 4.79 Å². The van der Waals surface area contributed by atoms with Gasteiger partial charge in [0.15, 0.2) is 5.11 Å². The molecule has 1 saturated heterocycles. The summed E-state index contributed by atoms with van der Waals surface area (Å²) < 4.78 is 4.95. The molecule has 7 nitrogen and oxygen atoms in total. The average Bonchev–Trinajstić information content (AvgIpc) is 3.04. The van der Waals surface area contributed by atoms with E-state index in [0.717, 1.165) is 32.5 Å². The van der Waals surface area contributed by atoms with Crippen molar-refractivity contribution in [2.45, 2.75) is 46.6 Å². The Morgan fingerprint density at radius 3 is 2.38 bits per heavy atom. The number of esters is 1. The SMILES string of the molecule is CCN1CCC(NC(=S)Nc2sc(C(=O)N(CC)CC)c(C)c2C(=O)OC)CC1. The largest absolute Gasteiger partial charge is 0.465 e. The Labute approximate surface area is 182 Å². The van der Waals surface area contributed by atoms with Gasteiger partial charge in [-0.1, -0.05) is 6.92 Å². The maximum absolute atomic E-state index is 12.9. The van der Waals surface area contributed by atoms with E-state index in [1.807, 2.05) is 13.8 Å². The fraction of sp³-hybridized carbons (Fsp3) is 0.650. The molecule has 162 valence electrons. The number of carbonyl (C=O) groups is 2. The van der Waals surface area contributed by atoms with Gasteiger partial charge in [-0.2, -0.15) is 0 Å². The second-order valence-electron chi connectivity index (χ2n) is 7.04. The molecule has 0 saturated carbocycles. The van der Waals surface area contributed by atoms with E-state index in [1.54, 1.807) is 11.8 Å². The van der Waals surface area contributed by atoms with Gasteiger partial charge in [0.05, 0.1) is 17.6 Å². The maximum atomic E-state index is 12.9. The second-order valence-corrected chi connectivity index (χ2v) is 8.47. The lowest BCUT2D eigenvalue weighted by Gasteiger charge is -2.32. The minimum atomic E-state index is -0.473. The number of hydrogen-bond acceptors (Lipinski definition) is 6. The third kappa shape index (κ3) is 5.67. The Kier molecular flexibility index (Phi) is 8.85. The average molecular weight is 441 g/mol. The van der Waals surface area contributed by atoms with Crippen LogP contribution in [0.5, 0.6) is 0 Å². The number of amides is 1. The number of nitrogens with zero attached hydrogens (tertiary/aromatic N) is 2. The standard InChI is InChI=1S/C20H32N4O3S2/c1-6-23-11-9-14(10-12-23)21-20(28)22-17-15(19(26)27-5)13(4)16(29-17)18(25)24(7-2)8-3/h14H,6-12H2,1-5H3,(H2,21,22,28). The van der Waals surface area contributed by atoms with Crippen molar-refractivity contribution in [1.82, 2.24) is 15.1 Å². The summed E-state index contributed by atoms with van der Waals surface area (Å²) in [7, 11) is 1.34. The number of thiophene rings is 1. The van der Waals surface area contributed by atoms with Crippen molar-refractivity contribution in [2.24, 2.45) is 0 Å². The van der Waals surface area contributed by atoms with E-state index in [-0.39, 0.29) is 5.91 Å². The molecule has 29 heavy (non-hydrogen) atoms. The lowest BCUT2D eigenvalue weighted by atomic mass is 10.1. The van der Waals surface area contributed by atoms with Gasteiger partial charge in [-0.25, -0.2) is 4.79 Å². The number of piperidine rings is 1. The number of likely N-dealkylation sites (tertiary alicyclic amines) is 1. The highest BCUT2D eigenvalue weighted by Gasteiger charge is 2.28. The molecule has 0 atom stereocenters. The van der Waals surface area contributed by atoms with Gasteiger partial charge < -0.3 is 25.2 Å². The van der Waals surface area contributed by atoms with Gasteiger partial charge in [-0.05, 0) is 57.9 Å². The molecule has 0 bridgehead atoms. The lowest BCUT2D eigenvalue weighted by Crippen LogP contribution is -2.45. The van der Waals surface area contributed by atoms with E-state index in [9.17, 15) is 9.59 Å². The summed E-state index contributed by atoms with van der Waals surface area (Å²) in [5.74, 6) is -0.555. The topological polar surface area (TPSA) is 73.9 Å². The van der Waals surface area contributed by atoms with E-state index in [4.69, 9.17) is 17.0 Å². The van der Waals surface area contributed by atoms with Crippen molar-refractivity contribution in [3.8, 4) is 0 Å². The van der Waals surface area contributed by atoms with Gasteiger partial charge in [0.1, 0.15) is 5.00 Å². The molecule has 0 aromatic carbocycles. The quantitative estimate of drug-likeness (QED) is 0.498. The number of carbonyl (C=O) groups excluding carboxylic acids is 2. The fourth-order valence-corrected chi connectivity index (χ4v) is 5.03. The molecule has 2 heterocycles. The molecule has 0 unspecified atom stereocenters. The smallest absolute Gasteiger partial charge is 0.341 e. The Morgan fingerprint density at radius 2 is 1.86 bits per heavy atom. The first kappa shape index (κ1) is 23.6. The number of anilines is 1. The number of nitrogens with one attached hydrogen (secondary N) is 2. The highest BCUT2D eigenvalue weighted by molar-refractivity contribution is 7.80. The van der Waals surface area contributed by atoms with Crippen LogP contribution in [0.4, 0.5) is 5.00 Å². The van der Waals surface area contributed by atoms with Crippen LogP contribution in [0.1, 0.15) is 59.2 Å². The molecular weight excluding hydrogens is 408 g/mol. The number of rotatable bonds is 7. The van der Waals surface area contributed by atoms with Gasteiger partial charge >= 0.3 is 5.97 Å². The normalized spacial score (nSPS) is 15.1. The number of thiocarbonyl (C=S) groups is 1. The molecule has 1 aliphatic heterocycles. The molecule has 1 aliphatic rings. The first-order chi connectivity index (χ1) is 13.9. The molecule has 0 spiro atoms. The molecule has 0 aliphatic carbocycles. The van der Waals surface area contributed by atoms with Crippen LogP contribution in [0.2, 0.25) is 0 Å². The minimum absolute atomic E-state index is 0.0819. The lowest BCUT2D eigenvalue weighted by molar-refractivity contribution is 0.0601. The third-order valence-corrected chi connectivity index (χ3v) is 6.79. The van der Waals surface area contributed by atoms with Gasteiger partial charge in [0.2, 0.25) is 0 Å². The highest BCUT2D eigenvalue weighted by Crippen LogP contribution is 2.34. The summed E-state index contributed by atoms with van der Waals surface area (Å²) in [6.45, 7) is 12.2. The molecule has 1 amide bonds. The van der Waals surface area contributed by atoms with Crippen LogP contribution in [0.25, 0.3) is 0 Å². The summed E-state index contributed by atoms with van der Waals surface area (Å²) in [6.07, 6.45) is 2.05. The Bertz CT molecular complexity index is 738. The van der Waals surface area contributed by atoms with Crippen LogP contribution in [-0.4, -0.2) is 72.7 Å². The van der Waals surface area contributed by atoms with Gasteiger partial charge in [0, 0.05) is 32.2 Å². The highest BCUT2D eigenvalue weighted by atomic mass is 32.1. The molecule has 1 fully saturated rings. The second kappa shape index (κ2) is 10.9. The third-order valence-electron chi connectivity index (χ3n) is 5.38. The zero-order chi connectivity index (χ0) is 21.6. The Morgan fingerprint density at radius 1 is 1.24 bits per heavy atom. The monoisotopic (exact) mass is 440 g/mol. The summed E-state index contributed by atoms with van der Waals surface area (Å²) in [4.78, 5) is 30.0. The molecule has 2 N–H and O–H groups in total. The van der Waals surface area contributed by atoms with Crippen molar-refractivity contribution in [3.63, 3.8) is 0 Å². The molecular formula is C20H32N4O3S2. The van der Waals surface area contributed by atoms with Crippen molar-refractivity contribution in [2.75, 3.05) is 45.2 Å². The molecule has 1 aromatic rings. The van der Waals surface area contributed by atoms with Gasteiger partial charge in [0.25, 0.3) is 5.91 Å². The van der Waals surface area contributed by atoms with E-state index in [0.29, 0.717) is 45.2 Å². The van der Waals surface area contributed by atoms with Gasteiger partial charge in [-0.15, -0.1) is 11.3 Å². The van der Waals surface area contributed by atoms with E-state index in [2.05, 4.69) is 22.5 Å². The zero-order valence-corrected chi connectivity index (χ0v) is 19.6. The first-order valence-electron chi connectivity index (χ1n) is 10.2. The molecule has 9 heteroatoms.